The zero-order chi connectivity index (χ0) is 18.3. The van der Waals surface area contributed by atoms with Gasteiger partial charge in [-0.3, -0.25) is 9.59 Å². The molecule has 0 saturated heterocycles. The first-order chi connectivity index (χ1) is 12.4. The van der Waals surface area contributed by atoms with Gasteiger partial charge in [-0.2, -0.15) is 0 Å². The Morgan fingerprint density at radius 1 is 0.692 bits per heavy atom. The maximum absolute atomic E-state index is 13.3. The van der Waals surface area contributed by atoms with Crippen LogP contribution in [-0.4, -0.2) is 11.6 Å². The van der Waals surface area contributed by atoms with E-state index in [0.717, 1.165) is 37.3 Å². The van der Waals surface area contributed by atoms with Gasteiger partial charge in [-0.25, -0.2) is 0 Å². The summed E-state index contributed by atoms with van der Waals surface area (Å²) in [5.74, 6) is -0.0383. The number of hydrogen-bond donors (Lipinski definition) is 0. The lowest BCUT2D eigenvalue weighted by Gasteiger charge is -2.18. The third-order valence-electron chi connectivity index (χ3n) is 5.70. The molecule has 0 bridgehead atoms. The van der Waals surface area contributed by atoms with Crippen molar-refractivity contribution in [3.63, 3.8) is 0 Å². The number of carbonyl (C=O) groups is 2. The number of benzene rings is 2. The first-order valence-corrected chi connectivity index (χ1v) is 10.1. The normalized spacial score (nSPS) is 18.9. The van der Waals surface area contributed by atoms with E-state index in [0.29, 0.717) is 28.7 Å². The van der Waals surface area contributed by atoms with Gasteiger partial charge in [-0.05, 0) is 53.5 Å². The smallest absolute Gasteiger partial charge is 0.194 e. The summed E-state index contributed by atoms with van der Waals surface area (Å²) in [6, 6.07) is 7.96. The molecule has 0 spiro atoms. The van der Waals surface area contributed by atoms with E-state index in [2.05, 4.69) is 57.8 Å². The average Bonchev–Trinajstić information content (AvgIpc) is 3.12. The van der Waals surface area contributed by atoms with Crippen LogP contribution in [0.15, 0.2) is 55.5 Å². The van der Waals surface area contributed by atoms with Crippen LogP contribution in [-0.2, 0) is 0 Å². The van der Waals surface area contributed by atoms with Crippen molar-refractivity contribution in [3.05, 3.63) is 77.8 Å². The molecule has 0 radical (unpaired) electrons. The first-order valence-electron chi connectivity index (χ1n) is 8.51. The van der Waals surface area contributed by atoms with Crippen LogP contribution in [0, 0.1) is 13.8 Å². The molecule has 5 rings (SSSR count). The first kappa shape index (κ1) is 16.4. The number of fused-ring (bicyclic) bond motifs is 4. The van der Waals surface area contributed by atoms with Crippen LogP contribution in [0.5, 0.6) is 0 Å². The zero-order valence-electron chi connectivity index (χ0n) is 14.3. The molecule has 0 heterocycles. The number of halogens is 2. The molecule has 128 valence electrons. The maximum atomic E-state index is 13.3. The summed E-state index contributed by atoms with van der Waals surface area (Å²) in [6.07, 6.45) is 1.29. The van der Waals surface area contributed by atoms with Gasteiger partial charge < -0.3 is 0 Å². The lowest BCUT2D eigenvalue weighted by Crippen LogP contribution is -2.20. The van der Waals surface area contributed by atoms with Gasteiger partial charge in [0, 0.05) is 49.7 Å². The van der Waals surface area contributed by atoms with E-state index in [9.17, 15) is 9.59 Å². The SMILES string of the molecule is Cc1cc2cc3c(cc2cc1C)C(=O)C1=C(CC2=C(Br)CC(Br)=C21)C3=O. The number of ketones is 2. The van der Waals surface area contributed by atoms with Crippen LogP contribution in [0.2, 0.25) is 0 Å². The van der Waals surface area contributed by atoms with Crippen LogP contribution >= 0.6 is 31.9 Å². The molecule has 26 heavy (non-hydrogen) atoms. The van der Waals surface area contributed by atoms with Gasteiger partial charge in [0.2, 0.25) is 0 Å². The predicted octanol–water partition coefficient (Wildman–Crippen LogP) is 6.24. The van der Waals surface area contributed by atoms with Crippen molar-refractivity contribution in [1.29, 1.82) is 0 Å². The van der Waals surface area contributed by atoms with E-state index in [1.807, 2.05) is 12.1 Å². The molecule has 0 aliphatic heterocycles. The summed E-state index contributed by atoms with van der Waals surface area (Å²) in [5.41, 5.74) is 6.68. The Balaban J connectivity index is 1.78. The molecular weight excluding hydrogens is 456 g/mol. The quantitative estimate of drug-likeness (QED) is 0.457. The zero-order valence-corrected chi connectivity index (χ0v) is 17.5. The van der Waals surface area contributed by atoms with Crippen LogP contribution in [0.3, 0.4) is 0 Å². The largest absolute Gasteiger partial charge is 0.289 e. The second-order valence-corrected chi connectivity index (χ2v) is 9.12. The van der Waals surface area contributed by atoms with Crippen molar-refractivity contribution in [2.24, 2.45) is 0 Å². The van der Waals surface area contributed by atoms with Gasteiger partial charge in [-0.15, -0.1) is 0 Å². The number of rotatable bonds is 0. The molecule has 3 aliphatic rings. The van der Waals surface area contributed by atoms with Crippen molar-refractivity contribution in [3.8, 4) is 0 Å². The van der Waals surface area contributed by atoms with E-state index >= 15 is 0 Å². The minimum absolute atomic E-state index is 0.00951. The second-order valence-electron chi connectivity index (χ2n) is 7.21. The van der Waals surface area contributed by atoms with Gasteiger partial charge >= 0.3 is 0 Å². The highest BCUT2D eigenvalue weighted by atomic mass is 79.9. The monoisotopic (exact) mass is 468 g/mol. The Morgan fingerprint density at radius 2 is 1.27 bits per heavy atom. The molecule has 0 fully saturated rings. The number of aryl methyl sites for hydroxylation is 2. The lowest BCUT2D eigenvalue weighted by molar-refractivity contribution is 0.0978. The van der Waals surface area contributed by atoms with Gasteiger partial charge in [0.1, 0.15) is 0 Å². The fourth-order valence-corrected chi connectivity index (χ4v) is 5.93. The summed E-state index contributed by atoms with van der Waals surface area (Å²) in [7, 11) is 0. The minimum atomic E-state index is -0.0288. The number of hydrogen-bond acceptors (Lipinski definition) is 2. The molecule has 2 aromatic carbocycles. The van der Waals surface area contributed by atoms with E-state index in [-0.39, 0.29) is 11.6 Å². The third kappa shape index (κ3) is 2.03. The Bertz CT molecular complexity index is 1190. The van der Waals surface area contributed by atoms with E-state index in [4.69, 9.17) is 0 Å². The van der Waals surface area contributed by atoms with Crippen molar-refractivity contribution in [2.75, 3.05) is 0 Å². The van der Waals surface area contributed by atoms with Gasteiger partial charge in [0.15, 0.2) is 11.6 Å². The van der Waals surface area contributed by atoms with Gasteiger partial charge in [-0.1, -0.05) is 44.0 Å². The molecule has 4 heteroatoms. The third-order valence-corrected chi connectivity index (χ3v) is 7.13. The highest BCUT2D eigenvalue weighted by Gasteiger charge is 2.42. The second kappa shape index (κ2) is 5.37. The Morgan fingerprint density at radius 3 is 1.88 bits per heavy atom. The van der Waals surface area contributed by atoms with Crippen LogP contribution in [0.25, 0.3) is 10.8 Å². The van der Waals surface area contributed by atoms with E-state index in [1.54, 1.807) is 0 Å². The number of allylic oxidation sites excluding steroid dienone is 6. The van der Waals surface area contributed by atoms with E-state index < -0.39 is 0 Å². The van der Waals surface area contributed by atoms with Crippen LogP contribution < -0.4 is 0 Å². The number of carbonyl (C=O) groups excluding carboxylic acids is 2. The van der Waals surface area contributed by atoms with Gasteiger partial charge in [0.05, 0.1) is 0 Å². The molecular formula is C22H14Br2O2. The predicted molar refractivity (Wildman–Crippen MR) is 110 cm³/mol. The molecule has 3 aliphatic carbocycles. The fourth-order valence-electron chi connectivity index (χ4n) is 4.21. The maximum Gasteiger partial charge on any atom is 0.194 e. The average molecular weight is 470 g/mol. The standard InChI is InChI=1S/C22H14Br2O2/c1-9-3-11-5-13-14(6-12(11)4-10(9)2)22(26)20-16(21(13)25)7-15-17(23)8-18(24)19(15)20/h3-6H,7-8H2,1-2H3. The summed E-state index contributed by atoms with van der Waals surface area (Å²) in [4.78, 5) is 26.5. The summed E-state index contributed by atoms with van der Waals surface area (Å²) in [6.45, 7) is 4.13. The highest BCUT2D eigenvalue weighted by Crippen LogP contribution is 2.52. The lowest BCUT2D eigenvalue weighted by atomic mass is 9.82. The molecule has 0 amide bonds. The summed E-state index contributed by atoms with van der Waals surface area (Å²) < 4.78 is 2.05. The Hall–Kier alpha value is -1.78. The van der Waals surface area contributed by atoms with Crippen molar-refractivity contribution >= 4 is 54.2 Å². The summed E-state index contributed by atoms with van der Waals surface area (Å²) in [5, 5.41) is 2.02. The van der Waals surface area contributed by atoms with Crippen molar-refractivity contribution in [1.82, 2.24) is 0 Å². The van der Waals surface area contributed by atoms with Crippen LogP contribution in [0.1, 0.15) is 44.7 Å². The summed E-state index contributed by atoms with van der Waals surface area (Å²) >= 11 is 7.21. The van der Waals surface area contributed by atoms with Crippen molar-refractivity contribution in [2.45, 2.75) is 26.7 Å². The molecule has 2 aromatic rings. The minimum Gasteiger partial charge on any atom is -0.289 e. The van der Waals surface area contributed by atoms with E-state index in [1.165, 1.54) is 11.1 Å². The van der Waals surface area contributed by atoms with Crippen molar-refractivity contribution < 1.29 is 9.59 Å². The highest BCUT2D eigenvalue weighted by molar-refractivity contribution is 9.12. The molecule has 0 aromatic heterocycles. The fraction of sp³-hybridized carbons (Fsp3) is 0.182. The Labute approximate surface area is 167 Å². The molecule has 0 saturated carbocycles. The Kier molecular flexibility index (Phi) is 3.38. The molecule has 0 unspecified atom stereocenters. The molecule has 0 atom stereocenters. The topological polar surface area (TPSA) is 34.1 Å². The number of Topliss-reactive ketones (excluding diaryl/α,β-unsaturated/α-hetero) is 2. The van der Waals surface area contributed by atoms with Crippen LogP contribution in [0.4, 0.5) is 0 Å². The molecule has 0 N–H and O–H groups in total. The van der Waals surface area contributed by atoms with Gasteiger partial charge in [0.25, 0.3) is 0 Å². The molecule has 2 nitrogen and oxygen atoms in total.